The van der Waals surface area contributed by atoms with Crippen molar-refractivity contribution in [1.29, 1.82) is 0 Å². The van der Waals surface area contributed by atoms with Crippen molar-refractivity contribution in [2.45, 2.75) is 0 Å². The Bertz CT molecular complexity index is 755. The van der Waals surface area contributed by atoms with E-state index in [1.807, 2.05) is 12.1 Å². The van der Waals surface area contributed by atoms with Crippen LogP contribution in [0.4, 0.5) is 5.69 Å². The molecule has 0 aliphatic rings. The van der Waals surface area contributed by atoms with E-state index in [1.165, 1.54) is 0 Å². The van der Waals surface area contributed by atoms with Crippen molar-refractivity contribution >= 4 is 17.6 Å². The van der Waals surface area contributed by atoms with Gasteiger partial charge in [-0.1, -0.05) is 36.4 Å². The molecule has 0 bridgehead atoms. The first-order valence-corrected chi connectivity index (χ1v) is 7.46. The molecule has 0 saturated carbocycles. The van der Waals surface area contributed by atoms with Crippen LogP contribution in [0.15, 0.2) is 84.9 Å². The summed E-state index contributed by atoms with van der Waals surface area (Å²) in [7, 11) is 0. The number of nitrogens with one attached hydrogen (secondary N) is 1. The van der Waals surface area contributed by atoms with Gasteiger partial charge in [-0.15, -0.1) is 0 Å². The molecular weight excluding hydrogens is 302 g/mol. The molecule has 0 saturated heterocycles. The number of carbonyl (C=O) groups is 2. The van der Waals surface area contributed by atoms with Gasteiger partial charge < -0.3 is 10.1 Å². The van der Waals surface area contributed by atoms with E-state index in [-0.39, 0.29) is 5.91 Å². The van der Waals surface area contributed by atoms with Crippen molar-refractivity contribution in [2.24, 2.45) is 0 Å². The van der Waals surface area contributed by atoms with Crippen LogP contribution in [0.25, 0.3) is 0 Å². The molecule has 118 valence electrons. The smallest absolute Gasteiger partial charge is 0.343 e. The van der Waals surface area contributed by atoms with Crippen LogP contribution in [-0.2, 0) is 0 Å². The molecule has 1 amide bonds. The zero-order chi connectivity index (χ0) is 16.8. The zero-order valence-corrected chi connectivity index (χ0v) is 12.8. The van der Waals surface area contributed by atoms with E-state index >= 15 is 0 Å². The second kappa shape index (κ2) is 7.24. The Morgan fingerprint density at radius 2 is 1.21 bits per heavy atom. The van der Waals surface area contributed by atoms with Crippen LogP contribution < -0.4 is 10.1 Å². The van der Waals surface area contributed by atoms with E-state index in [4.69, 9.17) is 4.74 Å². The molecule has 24 heavy (non-hydrogen) atoms. The minimum absolute atomic E-state index is 0.190. The molecule has 0 radical (unpaired) electrons. The lowest BCUT2D eigenvalue weighted by Crippen LogP contribution is -2.11. The van der Waals surface area contributed by atoms with Crippen molar-refractivity contribution in [3.63, 3.8) is 0 Å². The Labute approximate surface area is 139 Å². The maximum atomic E-state index is 12.1. The van der Waals surface area contributed by atoms with Gasteiger partial charge in [-0.25, -0.2) is 4.79 Å². The van der Waals surface area contributed by atoms with E-state index in [0.717, 1.165) is 0 Å². The Hall–Kier alpha value is -3.40. The topological polar surface area (TPSA) is 55.4 Å². The minimum atomic E-state index is -0.420. The fraction of sp³-hybridized carbons (Fsp3) is 0. The third-order valence-corrected chi connectivity index (χ3v) is 3.37. The second-order valence-electron chi connectivity index (χ2n) is 5.10. The molecule has 0 aromatic heterocycles. The highest BCUT2D eigenvalue weighted by Gasteiger charge is 2.08. The third-order valence-electron chi connectivity index (χ3n) is 3.37. The summed E-state index contributed by atoms with van der Waals surface area (Å²) in [6, 6.07) is 24.4. The standard InChI is InChI=1S/C20H15NO3/c22-19(15-7-3-1-4-8-15)21-17-11-13-18(14-12-17)24-20(23)16-9-5-2-6-10-16/h1-14H,(H,21,22). The van der Waals surface area contributed by atoms with E-state index in [1.54, 1.807) is 72.8 Å². The maximum absolute atomic E-state index is 12.1. The van der Waals surface area contributed by atoms with E-state index in [0.29, 0.717) is 22.6 Å². The van der Waals surface area contributed by atoms with Crippen molar-refractivity contribution in [3.05, 3.63) is 96.1 Å². The summed E-state index contributed by atoms with van der Waals surface area (Å²) in [4.78, 5) is 24.0. The van der Waals surface area contributed by atoms with Crippen LogP contribution in [-0.4, -0.2) is 11.9 Å². The summed E-state index contributed by atoms with van der Waals surface area (Å²) >= 11 is 0. The molecule has 3 aromatic carbocycles. The summed E-state index contributed by atoms with van der Waals surface area (Å²) in [5.41, 5.74) is 1.69. The maximum Gasteiger partial charge on any atom is 0.343 e. The number of hydrogen-bond donors (Lipinski definition) is 1. The van der Waals surface area contributed by atoms with Gasteiger partial charge in [-0.3, -0.25) is 4.79 Å². The number of rotatable bonds is 4. The SMILES string of the molecule is O=C(Nc1ccc(OC(=O)c2ccccc2)cc1)c1ccccc1. The average molecular weight is 317 g/mol. The van der Waals surface area contributed by atoms with Gasteiger partial charge in [0.2, 0.25) is 0 Å². The highest BCUT2D eigenvalue weighted by molar-refractivity contribution is 6.04. The molecule has 4 nitrogen and oxygen atoms in total. The van der Waals surface area contributed by atoms with E-state index < -0.39 is 5.97 Å². The first-order chi connectivity index (χ1) is 11.7. The lowest BCUT2D eigenvalue weighted by molar-refractivity contribution is 0.0734. The summed E-state index contributed by atoms with van der Waals surface area (Å²) in [6.45, 7) is 0. The van der Waals surface area contributed by atoms with Crippen molar-refractivity contribution in [2.75, 3.05) is 5.32 Å². The number of hydrogen-bond acceptors (Lipinski definition) is 3. The van der Waals surface area contributed by atoms with Crippen LogP contribution in [0.1, 0.15) is 20.7 Å². The fourth-order valence-electron chi connectivity index (χ4n) is 2.14. The van der Waals surface area contributed by atoms with E-state index in [2.05, 4.69) is 5.32 Å². The Balaban J connectivity index is 1.63. The molecule has 0 aliphatic carbocycles. The van der Waals surface area contributed by atoms with Gasteiger partial charge in [-0.05, 0) is 48.5 Å². The Morgan fingerprint density at radius 1 is 0.667 bits per heavy atom. The minimum Gasteiger partial charge on any atom is -0.423 e. The number of benzene rings is 3. The molecule has 0 heterocycles. The monoisotopic (exact) mass is 317 g/mol. The van der Waals surface area contributed by atoms with Gasteiger partial charge in [-0.2, -0.15) is 0 Å². The molecule has 0 unspecified atom stereocenters. The largest absolute Gasteiger partial charge is 0.423 e. The second-order valence-corrected chi connectivity index (χ2v) is 5.10. The summed E-state index contributed by atoms with van der Waals surface area (Å²) < 4.78 is 5.29. The summed E-state index contributed by atoms with van der Waals surface area (Å²) in [5, 5.41) is 2.79. The molecular formula is C20H15NO3. The normalized spacial score (nSPS) is 10.0. The molecule has 3 aromatic rings. The van der Waals surface area contributed by atoms with Gasteiger partial charge in [0.05, 0.1) is 5.56 Å². The van der Waals surface area contributed by atoms with Gasteiger partial charge >= 0.3 is 5.97 Å². The van der Waals surface area contributed by atoms with Crippen LogP contribution in [0, 0.1) is 0 Å². The van der Waals surface area contributed by atoms with Crippen molar-refractivity contribution in [1.82, 2.24) is 0 Å². The summed E-state index contributed by atoms with van der Waals surface area (Å²) in [5.74, 6) is -0.192. The highest BCUT2D eigenvalue weighted by atomic mass is 16.5. The lowest BCUT2D eigenvalue weighted by atomic mass is 10.2. The average Bonchev–Trinajstić information content (AvgIpc) is 2.65. The first kappa shape index (κ1) is 15.5. The zero-order valence-electron chi connectivity index (χ0n) is 12.8. The summed E-state index contributed by atoms with van der Waals surface area (Å²) in [6.07, 6.45) is 0. The predicted molar refractivity (Wildman–Crippen MR) is 92.2 cm³/mol. The Morgan fingerprint density at radius 3 is 1.79 bits per heavy atom. The van der Waals surface area contributed by atoms with Gasteiger partial charge in [0, 0.05) is 11.3 Å². The van der Waals surface area contributed by atoms with Crippen LogP contribution in [0.2, 0.25) is 0 Å². The highest BCUT2D eigenvalue weighted by Crippen LogP contribution is 2.18. The quantitative estimate of drug-likeness (QED) is 0.581. The Kier molecular flexibility index (Phi) is 4.68. The number of ether oxygens (including phenoxy) is 1. The van der Waals surface area contributed by atoms with Crippen LogP contribution >= 0.6 is 0 Å². The lowest BCUT2D eigenvalue weighted by Gasteiger charge is -2.07. The van der Waals surface area contributed by atoms with Crippen molar-refractivity contribution in [3.8, 4) is 5.75 Å². The molecule has 1 N–H and O–H groups in total. The fourth-order valence-corrected chi connectivity index (χ4v) is 2.14. The first-order valence-electron chi connectivity index (χ1n) is 7.46. The van der Waals surface area contributed by atoms with Crippen LogP contribution in [0.5, 0.6) is 5.75 Å². The number of anilines is 1. The van der Waals surface area contributed by atoms with Gasteiger partial charge in [0.1, 0.15) is 5.75 Å². The molecule has 0 aliphatic heterocycles. The number of esters is 1. The molecule has 3 rings (SSSR count). The molecule has 4 heteroatoms. The number of carbonyl (C=O) groups excluding carboxylic acids is 2. The van der Waals surface area contributed by atoms with Crippen molar-refractivity contribution < 1.29 is 14.3 Å². The molecule has 0 atom stereocenters. The third kappa shape index (κ3) is 3.87. The molecule has 0 spiro atoms. The van der Waals surface area contributed by atoms with Gasteiger partial charge in [0.25, 0.3) is 5.91 Å². The van der Waals surface area contributed by atoms with Gasteiger partial charge in [0.15, 0.2) is 0 Å². The number of amides is 1. The van der Waals surface area contributed by atoms with Crippen LogP contribution in [0.3, 0.4) is 0 Å². The predicted octanol–water partition coefficient (Wildman–Crippen LogP) is 4.16. The molecule has 0 fully saturated rings. The van der Waals surface area contributed by atoms with E-state index in [9.17, 15) is 9.59 Å².